The first kappa shape index (κ1) is 10.8. The van der Waals surface area contributed by atoms with Crippen molar-refractivity contribution in [1.82, 2.24) is 9.97 Å². The summed E-state index contributed by atoms with van der Waals surface area (Å²) in [4.78, 5) is 8.47. The Bertz CT molecular complexity index is 237. The average Bonchev–Trinajstić information content (AvgIpc) is 2.06. The zero-order valence-electron chi connectivity index (χ0n) is 9.20. The molecule has 0 fully saturated rings. The lowest BCUT2D eigenvalue weighted by molar-refractivity contribution is 0.872. The zero-order valence-corrected chi connectivity index (χ0v) is 9.20. The Morgan fingerprint density at radius 3 is 1.43 bits per heavy atom. The summed E-state index contributed by atoms with van der Waals surface area (Å²) >= 11 is 0. The summed E-state index contributed by atoms with van der Waals surface area (Å²) in [7, 11) is 0. The van der Waals surface area contributed by atoms with Gasteiger partial charge in [0.25, 0.3) is 0 Å². The number of nitrogens with zero attached hydrogens (tertiary/aromatic N) is 2. The van der Waals surface area contributed by atoms with Crippen LogP contribution in [-0.2, 0) is 0 Å². The minimum absolute atomic E-state index is 0.383. The second kappa shape index (κ2) is 4.79. The van der Waals surface area contributed by atoms with Gasteiger partial charge in [0.1, 0.15) is 11.6 Å². The van der Waals surface area contributed by atoms with E-state index >= 15 is 0 Å². The number of nitrogens with one attached hydrogen (secondary N) is 2. The summed E-state index contributed by atoms with van der Waals surface area (Å²) in [5.74, 6) is 1.63. The molecule has 0 aliphatic rings. The monoisotopic (exact) mass is 194 g/mol. The van der Waals surface area contributed by atoms with Crippen molar-refractivity contribution in [2.24, 2.45) is 0 Å². The van der Waals surface area contributed by atoms with Gasteiger partial charge in [0.2, 0.25) is 0 Å². The van der Waals surface area contributed by atoms with Crippen molar-refractivity contribution in [2.75, 3.05) is 10.6 Å². The lowest BCUT2D eigenvalue weighted by Crippen LogP contribution is -2.13. The molecule has 1 aromatic heterocycles. The fourth-order valence-corrected chi connectivity index (χ4v) is 1.07. The Labute approximate surface area is 85.2 Å². The largest absolute Gasteiger partial charge is 0.367 e. The molecule has 0 amide bonds. The smallest absolute Gasteiger partial charge is 0.144 e. The van der Waals surface area contributed by atoms with Crippen molar-refractivity contribution in [2.45, 2.75) is 39.8 Å². The molecule has 0 aliphatic carbocycles. The summed E-state index contributed by atoms with van der Waals surface area (Å²) in [5.41, 5.74) is 0. The van der Waals surface area contributed by atoms with E-state index < -0.39 is 0 Å². The fraction of sp³-hybridized carbons (Fsp3) is 0.600. The van der Waals surface area contributed by atoms with Crippen LogP contribution in [0.4, 0.5) is 11.6 Å². The minimum atomic E-state index is 0.383. The molecule has 78 valence electrons. The molecule has 0 aromatic carbocycles. The lowest BCUT2D eigenvalue weighted by atomic mass is 10.4. The second-order valence-electron chi connectivity index (χ2n) is 3.88. The van der Waals surface area contributed by atoms with E-state index in [-0.39, 0.29) is 0 Å². The Hall–Kier alpha value is -1.32. The van der Waals surface area contributed by atoms with Crippen LogP contribution in [0.15, 0.2) is 12.4 Å². The van der Waals surface area contributed by atoms with Crippen LogP contribution in [0, 0.1) is 0 Å². The lowest BCUT2D eigenvalue weighted by Gasteiger charge is -2.11. The molecule has 0 aliphatic heterocycles. The van der Waals surface area contributed by atoms with E-state index in [4.69, 9.17) is 0 Å². The van der Waals surface area contributed by atoms with Crippen LogP contribution in [-0.4, -0.2) is 22.1 Å². The van der Waals surface area contributed by atoms with Crippen LogP contribution in [0.1, 0.15) is 27.7 Å². The van der Waals surface area contributed by atoms with Gasteiger partial charge in [-0.3, -0.25) is 0 Å². The van der Waals surface area contributed by atoms with Crippen molar-refractivity contribution in [1.29, 1.82) is 0 Å². The summed E-state index contributed by atoms with van der Waals surface area (Å²) in [5, 5.41) is 6.37. The molecule has 1 aromatic rings. The maximum Gasteiger partial charge on any atom is 0.144 e. The van der Waals surface area contributed by atoms with Gasteiger partial charge in [0.15, 0.2) is 0 Å². The molecule has 4 nitrogen and oxygen atoms in total. The van der Waals surface area contributed by atoms with E-state index in [9.17, 15) is 0 Å². The number of hydrogen-bond acceptors (Lipinski definition) is 4. The van der Waals surface area contributed by atoms with Gasteiger partial charge in [-0.25, -0.2) is 9.97 Å². The molecule has 0 saturated heterocycles. The molecular weight excluding hydrogens is 176 g/mol. The van der Waals surface area contributed by atoms with Gasteiger partial charge >= 0.3 is 0 Å². The van der Waals surface area contributed by atoms with Crippen LogP contribution in [0.3, 0.4) is 0 Å². The van der Waals surface area contributed by atoms with Gasteiger partial charge in [-0.15, -0.1) is 0 Å². The molecule has 0 unspecified atom stereocenters. The van der Waals surface area contributed by atoms with Crippen molar-refractivity contribution in [3.63, 3.8) is 0 Å². The van der Waals surface area contributed by atoms with Crippen LogP contribution in [0.5, 0.6) is 0 Å². The molecule has 4 heteroatoms. The van der Waals surface area contributed by atoms with Gasteiger partial charge < -0.3 is 10.6 Å². The quantitative estimate of drug-likeness (QED) is 0.770. The van der Waals surface area contributed by atoms with E-state index in [0.717, 1.165) is 11.6 Å². The summed E-state index contributed by atoms with van der Waals surface area (Å²) in [6.45, 7) is 8.29. The molecule has 0 saturated carbocycles. The Morgan fingerprint density at radius 1 is 0.857 bits per heavy atom. The van der Waals surface area contributed by atoms with Crippen LogP contribution >= 0.6 is 0 Å². The summed E-state index contributed by atoms with van der Waals surface area (Å²) < 4.78 is 0. The topological polar surface area (TPSA) is 49.8 Å². The van der Waals surface area contributed by atoms with Gasteiger partial charge in [0.05, 0.1) is 12.4 Å². The molecule has 0 radical (unpaired) electrons. The van der Waals surface area contributed by atoms with E-state index in [1.54, 1.807) is 12.4 Å². The van der Waals surface area contributed by atoms with E-state index in [2.05, 4.69) is 48.3 Å². The molecule has 0 spiro atoms. The average molecular weight is 194 g/mol. The first-order valence-electron chi connectivity index (χ1n) is 4.93. The Balaban J connectivity index is 2.59. The van der Waals surface area contributed by atoms with Crippen molar-refractivity contribution in [3.8, 4) is 0 Å². The summed E-state index contributed by atoms with van der Waals surface area (Å²) in [6, 6.07) is 0.765. The van der Waals surface area contributed by atoms with Gasteiger partial charge in [0, 0.05) is 12.1 Å². The molecule has 1 rings (SSSR count). The van der Waals surface area contributed by atoms with Gasteiger partial charge in [-0.1, -0.05) is 0 Å². The second-order valence-corrected chi connectivity index (χ2v) is 3.88. The number of anilines is 2. The first-order valence-corrected chi connectivity index (χ1v) is 4.93. The third kappa shape index (κ3) is 3.60. The Kier molecular flexibility index (Phi) is 3.68. The van der Waals surface area contributed by atoms with Gasteiger partial charge in [-0.2, -0.15) is 0 Å². The van der Waals surface area contributed by atoms with Crippen LogP contribution in [0.2, 0.25) is 0 Å². The van der Waals surface area contributed by atoms with Crippen molar-refractivity contribution >= 4 is 11.6 Å². The van der Waals surface area contributed by atoms with E-state index in [1.165, 1.54) is 0 Å². The molecule has 0 bridgehead atoms. The highest BCUT2D eigenvalue weighted by Gasteiger charge is 1.99. The molecule has 1 heterocycles. The third-order valence-corrected chi connectivity index (χ3v) is 1.52. The zero-order chi connectivity index (χ0) is 10.6. The Morgan fingerprint density at radius 2 is 1.21 bits per heavy atom. The van der Waals surface area contributed by atoms with Gasteiger partial charge in [-0.05, 0) is 27.7 Å². The standard InChI is InChI=1S/C10H18N4/c1-7(2)13-9-5-12-10(6-11-9)14-8(3)4/h5-8H,1-4H3,(H,11,13)(H,12,14). The first-order chi connectivity index (χ1) is 6.58. The van der Waals surface area contributed by atoms with E-state index in [1.807, 2.05) is 0 Å². The fourth-order valence-electron chi connectivity index (χ4n) is 1.07. The molecule has 2 N–H and O–H groups in total. The minimum Gasteiger partial charge on any atom is -0.367 e. The molecule has 14 heavy (non-hydrogen) atoms. The highest BCUT2D eigenvalue weighted by Crippen LogP contribution is 2.06. The number of rotatable bonds is 4. The number of hydrogen-bond donors (Lipinski definition) is 2. The highest BCUT2D eigenvalue weighted by molar-refractivity contribution is 5.39. The van der Waals surface area contributed by atoms with Crippen molar-refractivity contribution < 1.29 is 0 Å². The molecule has 0 atom stereocenters. The summed E-state index contributed by atoms with van der Waals surface area (Å²) in [6.07, 6.45) is 3.48. The predicted octanol–water partition coefficient (Wildman–Crippen LogP) is 2.12. The number of aromatic nitrogens is 2. The SMILES string of the molecule is CC(C)Nc1cnc(NC(C)C)cn1. The highest BCUT2D eigenvalue weighted by atomic mass is 15.1. The maximum atomic E-state index is 4.24. The van der Waals surface area contributed by atoms with E-state index in [0.29, 0.717) is 12.1 Å². The van der Waals surface area contributed by atoms with Crippen LogP contribution in [0.25, 0.3) is 0 Å². The van der Waals surface area contributed by atoms with Crippen molar-refractivity contribution in [3.05, 3.63) is 12.4 Å². The van der Waals surface area contributed by atoms with Crippen LogP contribution < -0.4 is 10.6 Å². The third-order valence-electron chi connectivity index (χ3n) is 1.52. The maximum absolute atomic E-state index is 4.24. The normalized spacial score (nSPS) is 10.7. The predicted molar refractivity (Wildman–Crippen MR) is 59.5 cm³/mol. The molecular formula is C10H18N4.